The predicted octanol–water partition coefficient (Wildman–Crippen LogP) is 6.35. The third-order valence-electron chi connectivity index (χ3n) is 12.3. The number of amides is 3. The van der Waals surface area contributed by atoms with Crippen LogP contribution in [0.3, 0.4) is 0 Å². The third-order valence-corrected chi connectivity index (χ3v) is 12.3. The van der Waals surface area contributed by atoms with E-state index in [0.29, 0.717) is 24.2 Å². The van der Waals surface area contributed by atoms with Crippen molar-refractivity contribution in [3.8, 4) is 33.6 Å². The largest absolute Gasteiger partial charge is 0.453 e. The fourth-order valence-electron chi connectivity index (χ4n) is 9.16. The number of carbonyl (C=O) groups excluding carboxylic acids is 3. The number of aromatic amines is 2. The van der Waals surface area contributed by atoms with Crippen LogP contribution in [0.15, 0.2) is 79.5 Å². The van der Waals surface area contributed by atoms with Crippen LogP contribution in [0.25, 0.3) is 33.6 Å². The van der Waals surface area contributed by atoms with E-state index in [2.05, 4.69) is 84.1 Å². The number of fused-ring (bicyclic) bond motifs is 2. The van der Waals surface area contributed by atoms with E-state index in [9.17, 15) is 14.4 Å². The lowest BCUT2D eigenvalue weighted by atomic mass is 9.78. The number of alkyl carbamates (subject to hydrolysis) is 1. The molecule has 0 radical (unpaired) electrons. The Morgan fingerprint density at radius 1 is 0.772 bits per heavy atom. The quantitative estimate of drug-likeness (QED) is 0.112. The Bertz CT molecular complexity index is 2190. The van der Waals surface area contributed by atoms with Crippen LogP contribution in [0, 0.1) is 17.8 Å². The van der Waals surface area contributed by atoms with Gasteiger partial charge < -0.3 is 35.0 Å². The van der Waals surface area contributed by atoms with Gasteiger partial charge in [0.05, 0.1) is 66.9 Å². The number of hydrogen-bond acceptors (Lipinski definition) is 9. The molecular weight excluding hydrogens is 723 g/mol. The summed E-state index contributed by atoms with van der Waals surface area (Å²) in [7, 11) is 2.77. The number of carbonyl (C=O) groups is 3. The van der Waals surface area contributed by atoms with Crippen LogP contribution in [0.2, 0.25) is 0 Å². The molecule has 3 unspecified atom stereocenters. The molecule has 5 aromatic rings. The zero-order valence-corrected chi connectivity index (χ0v) is 32.6. The van der Waals surface area contributed by atoms with Gasteiger partial charge >= 0.3 is 6.09 Å². The Hall–Kier alpha value is -5.89. The Kier molecular flexibility index (Phi) is 10.9. The van der Waals surface area contributed by atoms with Crippen molar-refractivity contribution in [1.29, 1.82) is 0 Å². The summed E-state index contributed by atoms with van der Waals surface area (Å²) in [4.78, 5) is 66.2. The molecule has 3 aromatic heterocycles. The van der Waals surface area contributed by atoms with Crippen molar-refractivity contribution >= 4 is 17.9 Å². The van der Waals surface area contributed by atoms with Crippen LogP contribution in [-0.4, -0.2) is 85.6 Å². The average Bonchev–Trinajstić information content (AvgIpc) is 4.11. The molecule has 2 aromatic carbocycles. The van der Waals surface area contributed by atoms with E-state index in [0.717, 1.165) is 77.3 Å². The van der Waals surface area contributed by atoms with Gasteiger partial charge in [-0.25, -0.2) is 14.8 Å². The first-order valence-electron chi connectivity index (χ1n) is 19.8. The number of nitrogens with zero attached hydrogens (tertiary/aromatic N) is 5. The van der Waals surface area contributed by atoms with Gasteiger partial charge in [-0.2, -0.15) is 0 Å². The highest BCUT2D eigenvalue weighted by Crippen LogP contribution is 2.56. The van der Waals surface area contributed by atoms with Gasteiger partial charge in [-0.05, 0) is 80.0 Å². The number of H-pyrrole nitrogens is 2. The number of likely N-dealkylation sites (tertiary alicyclic amines) is 1. The normalized spacial score (nSPS) is 22.9. The Morgan fingerprint density at radius 2 is 1.40 bits per heavy atom. The molecule has 14 heteroatoms. The number of aromatic nitrogens is 6. The van der Waals surface area contributed by atoms with E-state index >= 15 is 0 Å². The van der Waals surface area contributed by atoms with E-state index in [4.69, 9.17) is 14.5 Å². The number of methoxy groups -OCH3 is 2. The van der Waals surface area contributed by atoms with Crippen molar-refractivity contribution in [3.63, 3.8) is 0 Å². The first-order chi connectivity index (χ1) is 27.7. The van der Waals surface area contributed by atoms with Crippen molar-refractivity contribution in [3.05, 3.63) is 96.9 Å². The minimum absolute atomic E-state index is 0.0577. The molecule has 296 valence electrons. The molecule has 8 atom stereocenters. The standard InChI is InChI=1S/C43H49N9O5/c1-24(32-21-44-17-18-45-32)48-41(53)37-31-16-15-30(20-31)36(37)40-47-23-34(50-40)29-13-9-27(10-14-29)26-7-11-28(12-8-26)33-22-46-39(49-33)35-6-5-19-52(35)42(54)38(25(2)56-3)51-43(55)57-4/h7-14,17-18,21-25,30-31,35-38H,5-6,15-16,19-20H2,1-4H3,(H,46,49)(H,47,50)(H,48,53)(H,51,55)/t24?,25-,30?,31?,35+,36+,37+,38+/m1/s1. The zero-order chi connectivity index (χ0) is 39.6. The van der Waals surface area contributed by atoms with E-state index in [1.807, 2.05) is 13.1 Å². The summed E-state index contributed by atoms with van der Waals surface area (Å²) < 4.78 is 10.2. The summed E-state index contributed by atoms with van der Waals surface area (Å²) in [6, 6.07) is 15.4. The summed E-state index contributed by atoms with van der Waals surface area (Å²) in [5.41, 5.74) is 6.70. The van der Waals surface area contributed by atoms with Crippen molar-refractivity contribution in [2.75, 3.05) is 20.8 Å². The maximum Gasteiger partial charge on any atom is 0.407 e. The van der Waals surface area contributed by atoms with Gasteiger partial charge in [0.25, 0.3) is 0 Å². The van der Waals surface area contributed by atoms with Crippen LogP contribution in [0.4, 0.5) is 4.79 Å². The molecule has 2 aliphatic carbocycles. The second kappa shape index (κ2) is 16.3. The van der Waals surface area contributed by atoms with E-state index in [1.54, 1.807) is 36.6 Å². The molecule has 1 aliphatic heterocycles. The molecule has 1 saturated heterocycles. The van der Waals surface area contributed by atoms with Gasteiger partial charge in [-0.15, -0.1) is 0 Å². The first kappa shape index (κ1) is 38.0. The van der Waals surface area contributed by atoms with Crippen LogP contribution >= 0.6 is 0 Å². The van der Waals surface area contributed by atoms with Crippen LogP contribution in [0.5, 0.6) is 0 Å². The van der Waals surface area contributed by atoms with Crippen molar-refractivity contribution < 1.29 is 23.9 Å². The lowest BCUT2D eigenvalue weighted by Gasteiger charge is -2.30. The molecule has 2 saturated carbocycles. The Labute approximate surface area is 331 Å². The lowest BCUT2D eigenvalue weighted by molar-refractivity contribution is -0.137. The van der Waals surface area contributed by atoms with Crippen molar-refractivity contribution in [2.45, 2.75) is 76.1 Å². The molecule has 2 bridgehead atoms. The predicted molar refractivity (Wildman–Crippen MR) is 212 cm³/mol. The highest BCUT2D eigenvalue weighted by molar-refractivity contribution is 5.87. The topological polar surface area (TPSA) is 180 Å². The number of ether oxygens (including phenoxy) is 2. The van der Waals surface area contributed by atoms with Gasteiger partial charge in [0.2, 0.25) is 11.8 Å². The maximum absolute atomic E-state index is 13.7. The summed E-state index contributed by atoms with van der Waals surface area (Å²) >= 11 is 0. The zero-order valence-electron chi connectivity index (χ0n) is 32.6. The van der Waals surface area contributed by atoms with Crippen LogP contribution < -0.4 is 10.6 Å². The smallest absolute Gasteiger partial charge is 0.407 e. The summed E-state index contributed by atoms with van der Waals surface area (Å²) in [5, 5.41) is 5.84. The summed E-state index contributed by atoms with van der Waals surface area (Å²) in [6.45, 7) is 4.25. The van der Waals surface area contributed by atoms with E-state index < -0.39 is 18.2 Å². The second-order valence-electron chi connectivity index (χ2n) is 15.5. The highest BCUT2D eigenvalue weighted by Gasteiger charge is 2.52. The monoisotopic (exact) mass is 771 g/mol. The number of imidazole rings is 2. The highest BCUT2D eigenvalue weighted by atomic mass is 16.5. The van der Waals surface area contributed by atoms with Gasteiger partial charge in [0.1, 0.15) is 17.7 Å². The SMILES string of the molecule is COC(=O)N[C@H](C(=O)N1CCC[C@H]1c1ncc(-c2ccc(-c3ccc(-c4cnc([C@H]5C6CCC(C6)[C@@H]5C(=O)NC(C)c5cnccn5)[nH]4)cc3)cc2)[nH]1)[C@@H](C)OC. The lowest BCUT2D eigenvalue weighted by Crippen LogP contribution is -2.54. The molecule has 4 heterocycles. The fourth-order valence-corrected chi connectivity index (χ4v) is 9.16. The first-order valence-corrected chi connectivity index (χ1v) is 19.8. The minimum atomic E-state index is -0.887. The Morgan fingerprint density at radius 3 is 2.04 bits per heavy atom. The Balaban J connectivity index is 0.922. The molecule has 3 amide bonds. The van der Waals surface area contributed by atoms with Gasteiger partial charge in [0, 0.05) is 32.0 Å². The van der Waals surface area contributed by atoms with Crippen molar-refractivity contribution in [2.24, 2.45) is 17.8 Å². The number of nitrogens with one attached hydrogen (secondary N) is 4. The number of rotatable bonds is 12. The molecule has 14 nitrogen and oxygen atoms in total. The van der Waals surface area contributed by atoms with Gasteiger partial charge in [-0.1, -0.05) is 48.5 Å². The van der Waals surface area contributed by atoms with Gasteiger partial charge in [-0.3, -0.25) is 19.6 Å². The molecule has 57 heavy (non-hydrogen) atoms. The van der Waals surface area contributed by atoms with E-state index in [1.165, 1.54) is 14.2 Å². The van der Waals surface area contributed by atoms with Crippen molar-refractivity contribution in [1.82, 2.24) is 45.4 Å². The minimum Gasteiger partial charge on any atom is -0.453 e. The molecule has 4 N–H and O–H groups in total. The third kappa shape index (κ3) is 7.65. The fraction of sp³-hybridized carbons (Fsp3) is 0.419. The van der Waals surface area contributed by atoms with E-state index in [-0.39, 0.29) is 35.7 Å². The molecule has 8 rings (SSSR count). The molecule has 3 aliphatic rings. The van der Waals surface area contributed by atoms with Crippen LogP contribution in [0.1, 0.15) is 81.3 Å². The maximum atomic E-state index is 13.7. The summed E-state index contributed by atoms with van der Waals surface area (Å²) in [6.07, 6.45) is 12.3. The van der Waals surface area contributed by atoms with Crippen LogP contribution in [-0.2, 0) is 19.1 Å². The number of hydrogen-bond donors (Lipinski definition) is 4. The second-order valence-corrected chi connectivity index (χ2v) is 15.5. The molecule has 0 spiro atoms. The number of benzene rings is 2. The average molecular weight is 772 g/mol. The molecular formula is C43H49N9O5. The summed E-state index contributed by atoms with van der Waals surface area (Å²) in [5.74, 6) is 2.15. The van der Waals surface area contributed by atoms with Gasteiger partial charge in [0.15, 0.2) is 0 Å². The molecule has 3 fully saturated rings.